The summed E-state index contributed by atoms with van der Waals surface area (Å²) in [6.45, 7) is 0.555. The van der Waals surface area contributed by atoms with Gasteiger partial charge in [-0.1, -0.05) is 39.4 Å². The maximum absolute atomic E-state index is 5.83. The van der Waals surface area contributed by atoms with E-state index in [4.69, 9.17) is 10.5 Å². The lowest BCUT2D eigenvalue weighted by atomic mass is 9.99. The van der Waals surface area contributed by atoms with Crippen molar-refractivity contribution >= 4 is 43.2 Å². The zero-order chi connectivity index (χ0) is 13.0. The quantitative estimate of drug-likeness (QED) is 0.671. The van der Waals surface area contributed by atoms with Gasteiger partial charge in [-0.3, -0.25) is 0 Å². The molecule has 0 spiro atoms. The van der Waals surface area contributed by atoms with Crippen LogP contribution in [0.3, 0.4) is 0 Å². The highest BCUT2D eigenvalue weighted by atomic mass is 79.9. The molecule has 2 heterocycles. The molecule has 2 N–H and O–H groups in total. The van der Waals surface area contributed by atoms with Gasteiger partial charge in [0.1, 0.15) is 12.4 Å². The number of nitrogens with zero attached hydrogens (tertiary/aromatic N) is 1. The number of hydrogen-bond donors (Lipinski definition) is 1. The number of anilines is 1. The largest absolute Gasteiger partial charge is 0.487 e. The van der Waals surface area contributed by atoms with Crippen LogP contribution in [0.25, 0.3) is 22.0 Å². The third kappa shape index (κ3) is 1.65. The lowest BCUT2D eigenvalue weighted by molar-refractivity contribution is 0.306. The van der Waals surface area contributed by atoms with Gasteiger partial charge in [0.15, 0.2) is 5.13 Å². The van der Waals surface area contributed by atoms with Gasteiger partial charge in [0.2, 0.25) is 0 Å². The maximum atomic E-state index is 5.83. The molecule has 3 nitrogen and oxygen atoms in total. The zero-order valence-corrected chi connectivity index (χ0v) is 12.2. The van der Waals surface area contributed by atoms with Gasteiger partial charge < -0.3 is 10.5 Å². The molecule has 0 saturated heterocycles. The summed E-state index contributed by atoms with van der Waals surface area (Å²) in [5, 5.41) is 2.90. The Morgan fingerprint density at radius 2 is 2.16 bits per heavy atom. The molecule has 0 amide bonds. The second-order valence-electron chi connectivity index (χ2n) is 4.42. The molecular weight excluding hydrogens is 324 g/mol. The van der Waals surface area contributed by atoms with E-state index in [0.29, 0.717) is 11.7 Å². The summed E-state index contributed by atoms with van der Waals surface area (Å²) in [4.78, 5) is 5.57. The first-order valence-electron chi connectivity index (χ1n) is 5.83. The van der Waals surface area contributed by atoms with Crippen molar-refractivity contribution < 1.29 is 4.74 Å². The van der Waals surface area contributed by atoms with E-state index in [1.165, 1.54) is 11.3 Å². The minimum Gasteiger partial charge on any atom is -0.487 e. The fraction of sp³-hybridized carbons (Fsp3) is 0.0714. The van der Waals surface area contributed by atoms with Crippen molar-refractivity contribution in [1.29, 1.82) is 0 Å². The third-order valence-electron chi connectivity index (χ3n) is 3.25. The first-order chi connectivity index (χ1) is 9.22. The monoisotopic (exact) mass is 332 g/mol. The average Bonchev–Trinajstić information content (AvgIpc) is 2.78. The van der Waals surface area contributed by atoms with Crippen LogP contribution in [0.15, 0.2) is 34.8 Å². The molecule has 0 aliphatic carbocycles. The van der Waals surface area contributed by atoms with E-state index < -0.39 is 0 Å². The summed E-state index contributed by atoms with van der Waals surface area (Å²) < 4.78 is 6.87. The molecule has 0 fully saturated rings. The molecule has 19 heavy (non-hydrogen) atoms. The predicted octanol–water partition coefficient (Wildman–Crippen LogP) is 4.20. The van der Waals surface area contributed by atoms with Crippen LogP contribution in [0.4, 0.5) is 5.13 Å². The average molecular weight is 333 g/mol. The Kier molecular flexibility index (Phi) is 2.34. The Bertz CT molecular complexity index is 813. The van der Waals surface area contributed by atoms with Gasteiger partial charge >= 0.3 is 0 Å². The van der Waals surface area contributed by atoms with Gasteiger partial charge in [0, 0.05) is 4.47 Å². The molecule has 3 aromatic rings. The van der Waals surface area contributed by atoms with E-state index in [0.717, 1.165) is 37.1 Å². The number of nitrogen functional groups attached to an aromatic ring is 1. The van der Waals surface area contributed by atoms with Crippen LogP contribution in [0.1, 0.15) is 4.88 Å². The molecule has 0 bridgehead atoms. The third-order valence-corrected chi connectivity index (χ3v) is 4.60. The van der Waals surface area contributed by atoms with E-state index in [1.54, 1.807) is 0 Å². The van der Waals surface area contributed by atoms with Crippen LogP contribution >= 0.6 is 27.3 Å². The smallest absolute Gasteiger partial charge is 0.180 e. The summed E-state index contributed by atoms with van der Waals surface area (Å²) in [5.41, 5.74) is 7.85. The van der Waals surface area contributed by atoms with Crippen LogP contribution in [-0.4, -0.2) is 4.98 Å². The van der Waals surface area contributed by atoms with Crippen LogP contribution in [-0.2, 0) is 6.61 Å². The molecule has 1 aromatic heterocycles. The van der Waals surface area contributed by atoms with Gasteiger partial charge in [-0.25, -0.2) is 4.98 Å². The van der Waals surface area contributed by atoms with E-state index in [2.05, 4.69) is 39.1 Å². The number of ether oxygens (including phenoxy) is 1. The van der Waals surface area contributed by atoms with E-state index in [9.17, 15) is 0 Å². The molecule has 5 heteroatoms. The molecule has 0 unspecified atom stereocenters. The van der Waals surface area contributed by atoms with Crippen LogP contribution in [0.2, 0.25) is 0 Å². The van der Waals surface area contributed by atoms with Crippen molar-refractivity contribution in [2.24, 2.45) is 0 Å². The molecule has 1 aliphatic heterocycles. The number of aromatic nitrogens is 1. The molecule has 0 atom stereocenters. The second-order valence-corrected chi connectivity index (χ2v) is 6.45. The van der Waals surface area contributed by atoms with Crippen LogP contribution < -0.4 is 10.5 Å². The minimum atomic E-state index is 0.555. The molecule has 0 radical (unpaired) electrons. The normalized spacial score (nSPS) is 12.9. The van der Waals surface area contributed by atoms with Gasteiger partial charge in [-0.05, 0) is 29.0 Å². The number of hydrogen-bond acceptors (Lipinski definition) is 4. The van der Waals surface area contributed by atoms with Crippen molar-refractivity contribution in [1.82, 2.24) is 4.98 Å². The standard InChI is InChI=1S/C14H9BrN2OS/c15-8-2-3-9-7(5-8)1-4-10-12(9)13-11(6-18-10)19-14(16)17-13/h1-5H,6H2,(H2,16,17). The molecule has 4 rings (SSSR count). The first kappa shape index (κ1) is 11.3. The summed E-state index contributed by atoms with van der Waals surface area (Å²) in [7, 11) is 0. The first-order valence-corrected chi connectivity index (χ1v) is 7.44. The molecule has 1 aliphatic rings. The lowest BCUT2D eigenvalue weighted by Gasteiger charge is -2.18. The fourth-order valence-electron chi connectivity index (χ4n) is 2.45. The molecular formula is C14H9BrN2OS. The highest BCUT2D eigenvalue weighted by molar-refractivity contribution is 9.10. The van der Waals surface area contributed by atoms with Gasteiger partial charge in [0.25, 0.3) is 0 Å². The number of nitrogens with two attached hydrogens (primary N) is 1. The van der Waals surface area contributed by atoms with Crippen molar-refractivity contribution in [3.8, 4) is 17.0 Å². The summed E-state index contributed by atoms with van der Waals surface area (Å²) in [6, 6.07) is 10.3. The van der Waals surface area contributed by atoms with Gasteiger partial charge in [-0.15, -0.1) is 0 Å². The molecule has 2 aromatic carbocycles. The van der Waals surface area contributed by atoms with E-state index in [1.807, 2.05) is 12.1 Å². The number of thiazole rings is 1. The van der Waals surface area contributed by atoms with Gasteiger partial charge in [0.05, 0.1) is 16.1 Å². The maximum Gasteiger partial charge on any atom is 0.180 e. The van der Waals surface area contributed by atoms with E-state index >= 15 is 0 Å². The Hall–Kier alpha value is -1.59. The Morgan fingerprint density at radius 3 is 3.05 bits per heavy atom. The zero-order valence-electron chi connectivity index (χ0n) is 9.81. The fourth-order valence-corrected chi connectivity index (χ4v) is 3.58. The predicted molar refractivity (Wildman–Crippen MR) is 81.5 cm³/mol. The number of benzene rings is 2. The number of fused-ring (bicyclic) bond motifs is 5. The molecule has 94 valence electrons. The van der Waals surface area contributed by atoms with Crippen LogP contribution in [0.5, 0.6) is 5.75 Å². The van der Waals surface area contributed by atoms with Crippen molar-refractivity contribution in [3.05, 3.63) is 39.7 Å². The second kappa shape index (κ2) is 3.95. The minimum absolute atomic E-state index is 0.555. The number of rotatable bonds is 0. The molecule has 0 saturated carbocycles. The number of halogens is 1. The van der Waals surface area contributed by atoms with Crippen molar-refractivity contribution in [2.45, 2.75) is 6.61 Å². The SMILES string of the molecule is Nc1nc2c(s1)COc1ccc3cc(Br)ccc3c1-2. The topological polar surface area (TPSA) is 48.1 Å². The Labute approximate surface area is 122 Å². The lowest BCUT2D eigenvalue weighted by Crippen LogP contribution is -2.03. The summed E-state index contributed by atoms with van der Waals surface area (Å²) in [6.07, 6.45) is 0. The Morgan fingerprint density at radius 1 is 1.26 bits per heavy atom. The van der Waals surface area contributed by atoms with Gasteiger partial charge in [-0.2, -0.15) is 0 Å². The van der Waals surface area contributed by atoms with E-state index in [-0.39, 0.29) is 0 Å². The van der Waals surface area contributed by atoms with Crippen LogP contribution in [0, 0.1) is 0 Å². The highest BCUT2D eigenvalue weighted by Gasteiger charge is 2.23. The highest BCUT2D eigenvalue weighted by Crippen LogP contribution is 2.44. The Balaban J connectivity index is 2.12. The summed E-state index contributed by atoms with van der Waals surface area (Å²) >= 11 is 5.00. The summed E-state index contributed by atoms with van der Waals surface area (Å²) in [5.74, 6) is 0.882. The van der Waals surface area contributed by atoms with Crippen molar-refractivity contribution in [3.63, 3.8) is 0 Å². The van der Waals surface area contributed by atoms with Crippen molar-refractivity contribution in [2.75, 3.05) is 5.73 Å².